The van der Waals surface area contributed by atoms with Crippen molar-refractivity contribution in [2.24, 2.45) is 0 Å². The smallest absolute Gasteiger partial charge is 0.106 e. The van der Waals surface area contributed by atoms with E-state index in [2.05, 4.69) is 6.92 Å². The second-order valence-electron chi connectivity index (χ2n) is 2.69. The second-order valence-corrected chi connectivity index (χ2v) is 2.69. The van der Waals surface area contributed by atoms with Crippen molar-refractivity contribution in [3.63, 3.8) is 0 Å². The first-order valence-corrected chi connectivity index (χ1v) is 4.12. The topological polar surface area (TPSA) is 49.7 Å². The molecule has 0 aliphatic carbocycles. The van der Waals surface area contributed by atoms with Gasteiger partial charge in [-0.05, 0) is 13.3 Å². The zero-order valence-corrected chi connectivity index (χ0v) is 7.29. The van der Waals surface area contributed by atoms with E-state index >= 15 is 0 Å². The van der Waals surface area contributed by atoms with Gasteiger partial charge in [0.05, 0.1) is 12.7 Å². The Hall–Kier alpha value is -0.120. The molecule has 0 heterocycles. The van der Waals surface area contributed by atoms with Gasteiger partial charge in [0.1, 0.15) is 6.10 Å². The van der Waals surface area contributed by atoms with Crippen LogP contribution >= 0.6 is 0 Å². The molecule has 0 saturated heterocycles. The molecule has 3 heteroatoms. The molecule has 0 bridgehead atoms. The molecule has 3 nitrogen and oxygen atoms in total. The molecule has 2 N–H and O–H groups in total. The maximum absolute atomic E-state index is 9.03. The first-order chi connectivity index (χ1) is 5.22. The van der Waals surface area contributed by atoms with Crippen LogP contribution in [0.2, 0.25) is 0 Å². The average molecular weight is 162 g/mol. The summed E-state index contributed by atoms with van der Waals surface area (Å²) in [6.45, 7) is 4.19. The van der Waals surface area contributed by atoms with Crippen LogP contribution in [0, 0.1) is 0 Å². The molecule has 0 saturated carbocycles. The molecule has 11 heavy (non-hydrogen) atoms. The second kappa shape index (κ2) is 6.58. The van der Waals surface area contributed by atoms with Crippen molar-refractivity contribution in [2.45, 2.75) is 38.9 Å². The number of aliphatic hydroxyl groups is 2. The predicted octanol–water partition coefficient (Wildman–Crippen LogP) is 0.545. The Labute approximate surface area is 68.0 Å². The van der Waals surface area contributed by atoms with Crippen LogP contribution in [0.25, 0.3) is 0 Å². The fourth-order valence-electron chi connectivity index (χ4n) is 0.724. The van der Waals surface area contributed by atoms with E-state index in [1.807, 2.05) is 0 Å². The number of aliphatic hydroxyl groups excluding tert-OH is 2. The molecular formula is C8H18O3. The summed E-state index contributed by atoms with van der Waals surface area (Å²) in [5, 5.41) is 17.7. The third-order valence-electron chi connectivity index (χ3n) is 1.55. The van der Waals surface area contributed by atoms with Gasteiger partial charge in [-0.25, -0.2) is 0 Å². The van der Waals surface area contributed by atoms with Crippen molar-refractivity contribution in [3.8, 4) is 0 Å². The Kier molecular flexibility index (Phi) is 6.51. The largest absolute Gasteiger partial charge is 0.394 e. The number of rotatable bonds is 6. The van der Waals surface area contributed by atoms with E-state index in [1.165, 1.54) is 0 Å². The van der Waals surface area contributed by atoms with Crippen LogP contribution in [-0.4, -0.2) is 35.6 Å². The van der Waals surface area contributed by atoms with Gasteiger partial charge in [-0.2, -0.15) is 0 Å². The SMILES string of the molecule is CCCCOC(CO)C(C)O. The third kappa shape index (κ3) is 5.18. The summed E-state index contributed by atoms with van der Waals surface area (Å²) in [6.07, 6.45) is 1.04. The first-order valence-electron chi connectivity index (χ1n) is 4.12. The fourth-order valence-corrected chi connectivity index (χ4v) is 0.724. The van der Waals surface area contributed by atoms with Gasteiger partial charge < -0.3 is 14.9 Å². The van der Waals surface area contributed by atoms with Crippen LogP contribution in [0.15, 0.2) is 0 Å². The molecule has 0 spiro atoms. The van der Waals surface area contributed by atoms with Crippen molar-refractivity contribution < 1.29 is 14.9 Å². The summed E-state index contributed by atoms with van der Waals surface area (Å²) >= 11 is 0. The Bertz CT molecular complexity index is 83.4. The van der Waals surface area contributed by atoms with Gasteiger partial charge in [0.15, 0.2) is 0 Å². The summed E-state index contributed by atoms with van der Waals surface area (Å²) in [7, 11) is 0. The van der Waals surface area contributed by atoms with Crippen molar-refractivity contribution >= 4 is 0 Å². The highest BCUT2D eigenvalue weighted by molar-refractivity contribution is 4.61. The van der Waals surface area contributed by atoms with E-state index in [0.29, 0.717) is 6.61 Å². The molecule has 0 radical (unpaired) electrons. The Balaban J connectivity index is 3.36. The molecule has 2 atom stereocenters. The lowest BCUT2D eigenvalue weighted by atomic mass is 10.2. The highest BCUT2D eigenvalue weighted by atomic mass is 16.5. The van der Waals surface area contributed by atoms with Crippen molar-refractivity contribution in [2.75, 3.05) is 13.2 Å². The van der Waals surface area contributed by atoms with Crippen LogP contribution < -0.4 is 0 Å². The lowest BCUT2D eigenvalue weighted by molar-refractivity contribution is -0.0567. The zero-order chi connectivity index (χ0) is 8.69. The molecule has 0 aromatic carbocycles. The minimum atomic E-state index is -0.586. The Morgan fingerprint density at radius 3 is 2.45 bits per heavy atom. The summed E-state index contributed by atoms with van der Waals surface area (Å²) < 4.78 is 5.19. The molecule has 2 unspecified atom stereocenters. The molecule has 0 aromatic rings. The van der Waals surface area contributed by atoms with Crippen LogP contribution in [0.4, 0.5) is 0 Å². The number of unbranched alkanes of at least 4 members (excludes halogenated alkanes) is 1. The summed E-state index contributed by atoms with van der Waals surface area (Å²) in [6, 6.07) is 0. The van der Waals surface area contributed by atoms with E-state index in [9.17, 15) is 0 Å². The molecule has 0 aromatic heterocycles. The van der Waals surface area contributed by atoms with E-state index in [-0.39, 0.29) is 6.61 Å². The van der Waals surface area contributed by atoms with Gasteiger partial charge in [-0.1, -0.05) is 13.3 Å². The molecule has 0 rings (SSSR count). The van der Waals surface area contributed by atoms with Crippen molar-refractivity contribution in [3.05, 3.63) is 0 Å². The Morgan fingerprint density at radius 2 is 2.09 bits per heavy atom. The van der Waals surface area contributed by atoms with Crippen LogP contribution in [-0.2, 0) is 4.74 Å². The van der Waals surface area contributed by atoms with Gasteiger partial charge in [0, 0.05) is 6.61 Å². The minimum Gasteiger partial charge on any atom is -0.394 e. The summed E-state index contributed by atoms with van der Waals surface area (Å²) in [4.78, 5) is 0. The molecule has 0 aliphatic heterocycles. The van der Waals surface area contributed by atoms with Gasteiger partial charge in [-0.15, -0.1) is 0 Å². The van der Waals surface area contributed by atoms with Crippen LogP contribution in [0.5, 0.6) is 0 Å². The quantitative estimate of drug-likeness (QED) is 0.561. The zero-order valence-electron chi connectivity index (χ0n) is 7.29. The highest BCUT2D eigenvalue weighted by Crippen LogP contribution is 1.99. The van der Waals surface area contributed by atoms with Gasteiger partial charge in [-0.3, -0.25) is 0 Å². The van der Waals surface area contributed by atoms with E-state index < -0.39 is 12.2 Å². The van der Waals surface area contributed by atoms with Gasteiger partial charge in [0.2, 0.25) is 0 Å². The molecule has 0 amide bonds. The summed E-state index contributed by atoms with van der Waals surface area (Å²) in [5.74, 6) is 0. The molecular weight excluding hydrogens is 144 g/mol. The fraction of sp³-hybridized carbons (Fsp3) is 1.00. The standard InChI is InChI=1S/C8H18O3/c1-3-4-5-11-8(6-9)7(2)10/h7-10H,3-6H2,1-2H3. The number of hydrogen-bond acceptors (Lipinski definition) is 3. The lowest BCUT2D eigenvalue weighted by Gasteiger charge is -2.17. The van der Waals surface area contributed by atoms with Crippen LogP contribution in [0.1, 0.15) is 26.7 Å². The van der Waals surface area contributed by atoms with Crippen molar-refractivity contribution in [1.82, 2.24) is 0 Å². The van der Waals surface area contributed by atoms with E-state index in [1.54, 1.807) is 6.92 Å². The maximum atomic E-state index is 9.03. The van der Waals surface area contributed by atoms with Crippen LogP contribution in [0.3, 0.4) is 0 Å². The normalized spacial score (nSPS) is 16.4. The number of ether oxygens (including phenoxy) is 1. The highest BCUT2D eigenvalue weighted by Gasteiger charge is 2.12. The van der Waals surface area contributed by atoms with Gasteiger partial charge in [0.25, 0.3) is 0 Å². The van der Waals surface area contributed by atoms with E-state index in [4.69, 9.17) is 14.9 Å². The maximum Gasteiger partial charge on any atom is 0.106 e. The summed E-state index contributed by atoms with van der Waals surface area (Å²) in [5.41, 5.74) is 0. The molecule has 68 valence electrons. The Morgan fingerprint density at radius 1 is 1.45 bits per heavy atom. The first kappa shape index (κ1) is 10.9. The minimum absolute atomic E-state index is 0.110. The third-order valence-corrected chi connectivity index (χ3v) is 1.55. The van der Waals surface area contributed by atoms with E-state index in [0.717, 1.165) is 12.8 Å². The predicted molar refractivity (Wildman–Crippen MR) is 43.4 cm³/mol. The lowest BCUT2D eigenvalue weighted by Crippen LogP contribution is -2.30. The monoisotopic (exact) mass is 162 g/mol. The molecule has 0 aliphatic rings. The average Bonchev–Trinajstić information content (AvgIpc) is 1.97. The molecule has 0 fully saturated rings. The number of hydrogen-bond donors (Lipinski definition) is 2. The van der Waals surface area contributed by atoms with Crippen molar-refractivity contribution in [1.29, 1.82) is 0 Å². The van der Waals surface area contributed by atoms with Gasteiger partial charge >= 0.3 is 0 Å².